The van der Waals surface area contributed by atoms with E-state index < -0.39 is 27.5 Å². The molecule has 0 aliphatic carbocycles. The zero-order valence-corrected chi connectivity index (χ0v) is 14.8. The molecule has 0 saturated heterocycles. The number of hydrogen-bond donors (Lipinski definition) is 2. The van der Waals surface area contributed by atoms with E-state index >= 15 is 0 Å². The summed E-state index contributed by atoms with van der Waals surface area (Å²) in [6, 6.07) is 9.16. The topological polar surface area (TPSA) is 41.1 Å². The first-order valence-electron chi connectivity index (χ1n) is 6.51. The van der Waals surface area contributed by atoms with Gasteiger partial charge >= 0.3 is 0 Å². The molecule has 2 aromatic carbocycles. The van der Waals surface area contributed by atoms with E-state index in [2.05, 4.69) is 10.6 Å². The van der Waals surface area contributed by atoms with Crippen LogP contribution in [0.1, 0.15) is 10.4 Å². The molecule has 0 spiro atoms. The van der Waals surface area contributed by atoms with Crippen LogP contribution in [0.25, 0.3) is 0 Å². The zero-order valence-electron chi connectivity index (χ0n) is 11.8. The van der Waals surface area contributed by atoms with Crippen LogP contribution in [0.2, 0.25) is 5.02 Å². The summed E-state index contributed by atoms with van der Waals surface area (Å²) in [7, 11) is 0. The molecule has 2 N–H and O–H groups in total. The van der Waals surface area contributed by atoms with Crippen molar-refractivity contribution in [3.63, 3.8) is 0 Å². The van der Waals surface area contributed by atoms with Crippen LogP contribution < -0.4 is 10.6 Å². The quantitative estimate of drug-likeness (QED) is 0.537. The Bertz CT molecular complexity index is 735. The minimum absolute atomic E-state index is 0.119. The zero-order chi connectivity index (χ0) is 17.9. The SMILES string of the molecule is O=C(NC(Nc1ccc(Cl)cc1)C(Cl)(Cl)Cl)c1ccc(F)c(F)c1. The van der Waals surface area contributed by atoms with Crippen LogP contribution in [0.4, 0.5) is 14.5 Å². The number of rotatable bonds is 4. The van der Waals surface area contributed by atoms with Gasteiger partial charge in [-0.25, -0.2) is 8.78 Å². The first-order chi connectivity index (χ1) is 11.2. The van der Waals surface area contributed by atoms with Crippen molar-refractivity contribution in [3.05, 3.63) is 64.7 Å². The maximum atomic E-state index is 13.2. The van der Waals surface area contributed by atoms with Gasteiger partial charge in [0.05, 0.1) is 0 Å². The van der Waals surface area contributed by atoms with Crippen molar-refractivity contribution in [3.8, 4) is 0 Å². The highest BCUT2D eigenvalue weighted by Gasteiger charge is 2.34. The molecule has 24 heavy (non-hydrogen) atoms. The largest absolute Gasteiger partial charge is 0.362 e. The van der Waals surface area contributed by atoms with Crippen LogP contribution in [-0.2, 0) is 0 Å². The Hall–Kier alpha value is -1.27. The van der Waals surface area contributed by atoms with Crippen LogP contribution in [0, 0.1) is 11.6 Å². The van der Waals surface area contributed by atoms with E-state index in [1.807, 2.05) is 0 Å². The Morgan fingerprint density at radius 2 is 1.62 bits per heavy atom. The molecule has 0 fully saturated rings. The second kappa shape index (κ2) is 7.74. The summed E-state index contributed by atoms with van der Waals surface area (Å²) < 4.78 is 24.3. The van der Waals surface area contributed by atoms with Gasteiger partial charge in [0.15, 0.2) is 11.6 Å². The Morgan fingerprint density at radius 3 is 2.17 bits per heavy atom. The van der Waals surface area contributed by atoms with Crippen LogP contribution >= 0.6 is 46.4 Å². The monoisotopic (exact) mass is 412 g/mol. The fourth-order valence-electron chi connectivity index (χ4n) is 1.76. The van der Waals surface area contributed by atoms with Gasteiger partial charge < -0.3 is 10.6 Å². The molecule has 9 heteroatoms. The molecule has 1 atom stereocenters. The minimum Gasteiger partial charge on any atom is -0.362 e. The first kappa shape index (κ1) is 19.1. The standard InChI is InChI=1S/C15H10Cl4F2N2O/c16-9-2-4-10(5-3-9)22-14(15(17,18)19)23-13(24)8-1-6-11(20)12(21)7-8/h1-7,14,22H,(H,23,24). The van der Waals surface area contributed by atoms with Crippen molar-refractivity contribution in [2.24, 2.45) is 0 Å². The van der Waals surface area contributed by atoms with Gasteiger partial charge in [-0.3, -0.25) is 4.79 Å². The van der Waals surface area contributed by atoms with E-state index in [-0.39, 0.29) is 5.56 Å². The number of alkyl halides is 3. The molecule has 1 unspecified atom stereocenters. The normalized spacial score (nSPS) is 12.6. The van der Waals surface area contributed by atoms with E-state index in [0.29, 0.717) is 10.7 Å². The number of halogens is 6. The van der Waals surface area contributed by atoms with E-state index in [0.717, 1.165) is 18.2 Å². The van der Waals surface area contributed by atoms with Gasteiger partial charge in [0.1, 0.15) is 6.17 Å². The number of nitrogens with one attached hydrogen (secondary N) is 2. The van der Waals surface area contributed by atoms with Crippen LogP contribution in [0.5, 0.6) is 0 Å². The van der Waals surface area contributed by atoms with Gasteiger partial charge in [-0.05, 0) is 42.5 Å². The van der Waals surface area contributed by atoms with Crippen molar-refractivity contribution in [1.29, 1.82) is 0 Å². The predicted octanol–water partition coefficient (Wildman–Crippen LogP) is 5.16. The fourth-order valence-corrected chi connectivity index (χ4v) is 2.22. The lowest BCUT2D eigenvalue weighted by Gasteiger charge is -2.27. The minimum atomic E-state index is -1.91. The molecule has 2 rings (SSSR count). The highest BCUT2D eigenvalue weighted by molar-refractivity contribution is 6.68. The first-order valence-corrected chi connectivity index (χ1v) is 8.03. The van der Waals surface area contributed by atoms with Gasteiger partial charge in [0, 0.05) is 16.3 Å². The summed E-state index contributed by atoms with van der Waals surface area (Å²) in [6.45, 7) is 0. The Morgan fingerprint density at radius 1 is 1.00 bits per heavy atom. The number of anilines is 1. The molecule has 128 valence electrons. The fraction of sp³-hybridized carbons (Fsp3) is 0.133. The lowest BCUT2D eigenvalue weighted by Crippen LogP contribution is -2.49. The number of carbonyl (C=O) groups is 1. The third-order valence-corrected chi connectivity index (χ3v) is 3.85. The van der Waals surface area contributed by atoms with Crippen LogP contribution in [0.3, 0.4) is 0 Å². The summed E-state index contributed by atoms with van der Waals surface area (Å²) in [5, 5.41) is 5.74. The number of benzene rings is 2. The molecule has 2 aromatic rings. The Labute approximate surface area is 156 Å². The summed E-state index contributed by atoms with van der Waals surface area (Å²) in [4.78, 5) is 12.2. The molecular weight excluding hydrogens is 404 g/mol. The maximum absolute atomic E-state index is 13.2. The molecule has 1 amide bonds. The second-order valence-corrected chi connectivity index (χ2v) is 7.53. The molecule has 0 aliphatic rings. The Kier molecular flexibility index (Phi) is 6.15. The predicted molar refractivity (Wildman–Crippen MR) is 93.0 cm³/mol. The van der Waals surface area contributed by atoms with Crippen molar-refractivity contribution in [2.45, 2.75) is 9.96 Å². The molecule has 0 aliphatic heterocycles. The lowest BCUT2D eigenvalue weighted by atomic mass is 10.2. The average molecular weight is 414 g/mol. The van der Waals surface area contributed by atoms with Gasteiger partial charge in [-0.1, -0.05) is 46.4 Å². The molecular formula is C15H10Cl4F2N2O. The summed E-state index contributed by atoms with van der Waals surface area (Å²) in [6.07, 6.45) is -1.13. The second-order valence-electron chi connectivity index (χ2n) is 4.73. The molecule has 0 aromatic heterocycles. The smallest absolute Gasteiger partial charge is 0.253 e. The summed E-state index contributed by atoms with van der Waals surface area (Å²) in [5.74, 6) is -2.96. The average Bonchev–Trinajstić information content (AvgIpc) is 2.50. The van der Waals surface area contributed by atoms with E-state index in [1.54, 1.807) is 24.3 Å². The van der Waals surface area contributed by atoms with Gasteiger partial charge in [0.25, 0.3) is 5.91 Å². The van der Waals surface area contributed by atoms with Crippen LogP contribution in [0.15, 0.2) is 42.5 Å². The van der Waals surface area contributed by atoms with Gasteiger partial charge in [-0.2, -0.15) is 0 Å². The third kappa shape index (κ3) is 5.11. The van der Waals surface area contributed by atoms with Crippen LogP contribution in [-0.4, -0.2) is 15.9 Å². The van der Waals surface area contributed by atoms with E-state index in [1.165, 1.54) is 0 Å². The molecule has 3 nitrogen and oxygen atoms in total. The van der Waals surface area contributed by atoms with E-state index in [9.17, 15) is 13.6 Å². The van der Waals surface area contributed by atoms with Gasteiger partial charge in [0.2, 0.25) is 3.79 Å². The summed E-state index contributed by atoms with van der Waals surface area (Å²) in [5.41, 5.74) is 0.410. The Balaban J connectivity index is 2.17. The van der Waals surface area contributed by atoms with Gasteiger partial charge in [-0.15, -0.1) is 0 Å². The lowest BCUT2D eigenvalue weighted by molar-refractivity contribution is 0.0941. The van der Waals surface area contributed by atoms with Crippen molar-refractivity contribution >= 4 is 58.0 Å². The molecule has 0 radical (unpaired) electrons. The number of amides is 1. The summed E-state index contributed by atoms with van der Waals surface area (Å²) >= 11 is 23.4. The van der Waals surface area contributed by atoms with Crippen molar-refractivity contribution in [1.82, 2.24) is 5.32 Å². The molecule has 0 saturated carbocycles. The highest BCUT2D eigenvalue weighted by Crippen LogP contribution is 2.31. The van der Waals surface area contributed by atoms with Crippen molar-refractivity contribution in [2.75, 3.05) is 5.32 Å². The maximum Gasteiger partial charge on any atom is 0.253 e. The molecule has 0 bridgehead atoms. The third-order valence-electron chi connectivity index (χ3n) is 2.94. The number of carbonyl (C=O) groups excluding carboxylic acids is 1. The van der Waals surface area contributed by atoms with E-state index in [4.69, 9.17) is 46.4 Å². The highest BCUT2D eigenvalue weighted by atomic mass is 35.6. The molecule has 0 heterocycles. The van der Waals surface area contributed by atoms with Crippen molar-refractivity contribution < 1.29 is 13.6 Å². The number of hydrogen-bond acceptors (Lipinski definition) is 2.